The molecule has 0 radical (unpaired) electrons. The molecule has 25 heavy (non-hydrogen) atoms. The second-order valence-corrected chi connectivity index (χ2v) is 7.39. The van der Waals surface area contributed by atoms with Crippen LogP contribution in [0.2, 0.25) is 0 Å². The lowest BCUT2D eigenvalue weighted by molar-refractivity contribution is 0.144. The molecule has 0 fully saturated rings. The van der Waals surface area contributed by atoms with Crippen molar-refractivity contribution < 1.29 is 9.84 Å². The third-order valence-electron chi connectivity index (χ3n) is 4.53. The van der Waals surface area contributed by atoms with Gasteiger partial charge in [0.05, 0.1) is 0 Å². The van der Waals surface area contributed by atoms with E-state index in [2.05, 4.69) is 52.9 Å². The van der Waals surface area contributed by atoms with Gasteiger partial charge < -0.3 is 9.84 Å². The first-order valence-corrected chi connectivity index (χ1v) is 9.40. The van der Waals surface area contributed by atoms with Crippen LogP contribution in [-0.2, 0) is 13.1 Å². The zero-order chi connectivity index (χ0) is 17.2. The lowest BCUT2D eigenvalue weighted by atomic mass is 10.1. The van der Waals surface area contributed by atoms with Crippen LogP contribution in [0.15, 0.2) is 59.3 Å². The van der Waals surface area contributed by atoms with E-state index in [1.165, 1.54) is 16.7 Å². The fourth-order valence-corrected chi connectivity index (χ4v) is 4.04. The maximum atomic E-state index is 9.75. The summed E-state index contributed by atoms with van der Waals surface area (Å²) in [5, 5.41) is 14.0. The van der Waals surface area contributed by atoms with Gasteiger partial charge in [-0.1, -0.05) is 29.8 Å². The van der Waals surface area contributed by atoms with E-state index in [1.807, 2.05) is 12.1 Å². The molecule has 1 unspecified atom stereocenters. The standard InChI is InChI=1S/C21H21NO2S/c1-15-5-6-20-18(9-15)12-22(11-16-3-2-4-19(23)10-16)13-21(24-20)17-7-8-25-14-17/h2-10,14,21,23H,11-13H2,1H3. The summed E-state index contributed by atoms with van der Waals surface area (Å²) in [6, 6.07) is 16.0. The normalized spacial score (nSPS) is 17.6. The van der Waals surface area contributed by atoms with Crippen molar-refractivity contribution in [3.8, 4) is 11.5 Å². The summed E-state index contributed by atoms with van der Waals surface area (Å²) in [6.45, 7) is 4.56. The van der Waals surface area contributed by atoms with E-state index in [1.54, 1.807) is 17.4 Å². The highest BCUT2D eigenvalue weighted by atomic mass is 32.1. The Labute approximate surface area is 152 Å². The number of hydrogen-bond donors (Lipinski definition) is 1. The third kappa shape index (κ3) is 3.70. The van der Waals surface area contributed by atoms with Crippen LogP contribution in [0.3, 0.4) is 0 Å². The van der Waals surface area contributed by atoms with Crippen LogP contribution in [0.4, 0.5) is 0 Å². The van der Waals surface area contributed by atoms with Gasteiger partial charge in [-0.2, -0.15) is 11.3 Å². The van der Waals surface area contributed by atoms with Gasteiger partial charge >= 0.3 is 0 Å². The Kier molecular flexibility index (Phi) is 4.47. The summed E-state index contributed by atoms with van der Waals surface area (Å²) < 4.78 is 6.36. The highest BCUT2D eigenvalue weighted by Gasteiger charge is 2.24. The van der Waals surface area contributed by atoms with Gasteiger partial charge in [-0.25, -0.2) is 0 Å². The van der Waals surface area contributed by atoms with Crippen molar-refractivity contribution >= 4 is 11.3 Å². The van der Waals surface area contributed by atoms with Gasteiger partial charge in [0.15, 0.2) is 0 Å². The number of rotatable bonds is 3. The predicted octanol–water partition coefficient (Wildman–Crippen LogP) is 4.90. The molecule has 2 heterocycles. The monoisotopic (exact) mass is 351 g/mol. The maximum absolute atomic E-state index is 9.75. The van der Waals surface area contributed by atoms with Crippen molar-refractivity contribution in [1.82, 2.24) is 4.90 Å². The minimum Gasteiger partial charge on any atom is -0.508 e. The SMILES string of the molecule is Cc1ccc2c(c1)CN(Cc1cccc(O)c1)CC(c1ccsc1)O2. The van der Waals surface area contributed by atoms with Crippen LogP contribution in [-0.4, -0.2) is 16.6 Å². The summed E-state index contributed by atoms with van der Waals surface area (Å²) in [7, 11) is 0. The van der Waals surface area contributed by atoms with Crippen LogP contribution in [0.25, 0.3) is 0 Å². The molecule has 1 N–H and O–H groups in total. The lowest BCUT2D eigenvalue weighted by Gasteiger charge is -2.23. The summed E-state index contributed by atoms with van der Waals surface area (Å²) in [4.78, 5) is 2.39. The molecule has 0 saturated heterocycles. The Morgan fingerprint density at radius 3 is 2.92 bits per heavy atom. The largest absolute Gasteiger partial charge is 0.508 e. The maximum Gasteiger partial charge on any atom is 0.137 e. The molecule has 0 spiro atoms. The lowest BCUT2D eigenvalue weighted by Crippen LogP contribution is -2.27. The highest BCUT2D eigenvalue weighted by molar-refractivity contribution is 7.07. The van der Waals surface area contributed by atoms with Crippen LogP contribution in [0.1, 0.15) is 28.4 Å². The number of fused-ring (bicyclic) bond motifs is 1. The number of aryl methyl sites for hydroxylation is 1. The minimum absolute atomic E-state index is 0.0208. The molecule has 4 heteroatoms. The van der Waals surface area contributed by atoms with Crippen molar-refractivity contribution in [2.24, 2.45) is 0 Å². The topological polar surface area (TPSA) is 32.7 Å². The first-order chi connectivity index (χ1) is 12.2. The quantitative estimate of drug-likeness (QED) is 0.729. The summed E-state index contributed by atoms with van der Waals surface area (Å²) in [5.41, 5.74) is 4.80. The summed E-state index contributed by atoms with van der Waals surface area (Å²) in [5.74, 6) is 1.29. The van der Waals surface area contributed by atoms with Crippen LogP contribution in [0, 0.1) is 6.92 Å². The van der Waals surface area contributed by atoms with Crippen molar-refractivity contribution in [3.05, 3.63) is 81.5 Å². The molecule has 1 aliphatic heterocycles. The van der Waals surface area contributed by atoms with Gasteiger partial charge in [-0.15, -0.1) is 0 Å². The Bertz CT molecular complexity index is 860. The Morgan fingerprint density at radius 1 is 1.20 bits per heavy atom. The number of thiophene rings is 1. The van der Waals surface area contributed by atoms with Crippen molar-refractivity contribution in [1.29, 1.82) is 0 Å². The predicted molar refractivity (Wildman–Crippen MR) is 101 cm³/mol. The van der Waals surface area contributed by atoms with Gasteiger partial charge in [-0.05, 0) is 47.5 Å². The molecule has 0 bridgehead atoms. The molecule has 3 aromatic rings. The number of aromatic hydroxyl groups is 1. The van der Waals surface area contributed by atoms with Gasteiger partial charge in [0.1, 0.15) is 17.6 Å². The van der Waals surface area contributed by atoms with E-state index in [-0.39, 0.29) is 6.10 Å². The number of hydrogen-bond acceptors (Lipinski definition) is 4. The molecule has 128 valence electrons. The molecule has 0 amide bonds. The zero-order valence-electron chi connectivity index (χ0n) is 14.2. The zero-order valence-corrected chi connectivity index (χ0v) is 15.0. The Balaban J connectivity index is 1.66. The molecule has 1 aromatic heterocycles. The number of benzene rings is 2. The fraction of sp³-hybridized carbons (Fsp3) is 0.238. The van der Waals surface area contributed by atoms with Crippen molar-refractivity contribution in [2.45, 2.75) is 26.1 Å². The molecular formula is C21H21NO2S. The third-order valence-corrected chi connectivity index (χ3v) is 5.24. The molecule has 0 saturated carbocycles. The number of phenols is 1. The summed E-state index contributed by atoms with van der Waals surface area (Å²) >= 11 is 1.70. The molecular weight excluding hydrogens is 330 g/mol. The number of ether oxygens (including phenoxy) is 1. The van der Waals surface area contributed by atoms with Crippen LogP contribution < -0.4 is 4.74 Å². The molecule has 1 aliphatic rings. The fourth-order valence-electron chi connectivity index (χ4n) is 3.34. The number of phenolic OH excluding ortho intramolecular Hbond substituents is 1. The summed E-state index contributed by atoms with van der Waals surface area (Å²) in [6.07, 6.45) is 0.0208. The number of nitrogens with zero attached hydrogens (tertiary/aromatic N) is 1. The van der Waals surface area contributed by atoms with E-state index in [4.69, 9.17) is 4.74 Å². The van der Waals surface area contributed by atoms with Gasteiger partial charge in [0.25, 0.3) is 0 Å². The Hall–Kier alpha value is -2.30. The van der Waals surface area contributed by atoms with E-state index in [9.17, 15) is 5.11 Å². The van der Waals surface area contributed by atoms with Gasteiger partial charge in [0, 0.05) is 30.8 Å². The van der Waals surface area contributed by atoms with Gasteiger partial charge in [0.2, 0.25) is 0 Å². The average Bonchev–Trinajstić information content (AvgIpc) is 3.05. The minimum atomic E-state index is 0.0208. The Morgan fingerprint density at radius 2 is 2.12 bits per heavy atom. The van der Waals surface area contributed by atoms with E-state index in [0.717, 1.165) is 30.9 Å². The average molecular weight is 351 g/mol. The molecule has 2 aromatic carbocycles. The molecule has 4 rings (SSSR count). The van der Waals surface area contributed by atoms with Crippen LogP contribution >= 0.6 is 11.3 Å². The molecule has 1 atom stereocenters. The van der Waals surface area contributed by atoms with E-state index >= 15 is 0 Å². The van der Waals surface area contributed by atoms with Crippen molar-refractivity contribution in [2.75, 3.05) is 6.54 Å². The smallest absolute Gasteiger partial charge is 0.137 e. The first kappa shape index (κ1) is 16.2. The van der Waals surface area contributed by atoms with E-state index < -0.39 is 0 Å². The first-order valence-electron chi connectivity index (χ1n) is 8.46. The molecule has 3 nitrogen and oxygen atoms in total. The molecule has 0 aliphatic carbocycles. The van der Waals surface area contributed by atoms with Crippen molar-refractivity contribution in [3.63, 3.8) is 0 Å². The van der Waals surface area contributed by atoms with Gasteiger partial charge in [-0.3, -0.25) is 4.90 Å². The second-order valence-electron chi connectivity index (χ2n) is 6.61. The highest BCUT2D eigenvalue weighted by Crippen LogP contribution is 2.33. The second kappa shape index (κ2) is 6.90. The van der Waals surface area contributed by atoms with Crippen LogP contribution in [0.5, 0.6) is 11.5 Å². The van der Waals surface area contributed by atoms with E-state index in [0.29, 0.717) is 5.75 Å².